The summed E-state index contributed by atoms with van der Waals surface area (Å²) in [6.07, 6.45) is 1.74. The first-order chi connectivity index (χ1) is 11.5. The Labute approximate surface area is 176 Å². The molecule has 0 amide bonds. The van der Waals surface area contributed by atoms with Gasteiger partial charge < -0.3 is 19.9 Å². The zero-order valence-electron chi connectivity index (χ0n) is 15.5. The molecule has 1 aromatic carbocycles. The van der Waals surface area contributed by atoms with Gasteiger partial charge in [0.1, 0.15) is 11.5 Å². The topological polar surface area (TPSA) is 109 Å². The normalized spacial score (nSPS) is 11.4. The van der Waals surface area contributed by atoms with Crippen LogP contribution in [0.4, 0.5) is 0 Å². The number of aromatic nitrogens is 3. The summed E-state index contributed by atoms with van der Waals surface area (Å²) >= 11 is 0. The van der Waals surface area contributed by atoms with Crippen molar-refractivity contribution in [2.45, 2.75) is 24.8 Å². The van der Waals surface area contributed by atoms with Crippen molar-refractivity contribution in [3.63, 3.8) is 0 Å². The van der Waals surface area contributed by atoms with E-state index in [1.807, 2.05) is 32.0 Å². The third kappa shape index (κ3) is 4.44. The number of nitrogens with zero attached hydrogens (tertiary/aromatic N) is 2. The monoisotopic (exact) mass is 386 g/mol. The molecule has 2 heterocycles. The number of H-pyrrole nitrogens is 1. The van der Waals surface area contributed by atoms with Crippen LogP contribution in [0.5, 0.6) is 11.5 Å². The average Bonchev–Trinajstić information content (AvgIpc) is 3.01. The van der Waals surface area contributed by atoms with Gasteiger partial charge in [-0.25, -0.2) is 4.98 Å². The van der Waals surface area contributed by atoms with Crippen molar-refractivity contribution in [2.24, 2.45) is 0 Å². The van der Waals surface area contributed by atoms with Gasteiger partial charge in [-0.05, 0) is 26.0 Å². The number of hydrogen-bond donors (Lipinski definition) is 1. The Morgan fingerprint density at radius 3 is 2.58 bits per heavy atom. The Kier molecular flexibility index (Phi) is 8.23. The molecule has 26 heavy (non-hydrogen) atoms. The maximum atomic E-state index is 12.7. The average molecular weight is 386 g/mol. The summed E-state index contributed by atoms with van der Waals surface area (Å²) < 4.78 is 23.3. The molecule has 0 radical (unpaired) electrons. The van der Waals surface area contributed by atoms with Crippen LogP contribution in [0.25, 0.3) is 11.0 Å². The molecule has 3 aromatic rings. The summed E-state index contributed by atoms with van der Waals surface area (Å²) in [6.45, 7) is 3.86. The molecule has 1 unspecified atom stereocenters. The van der Waals surface area contributed by atoms with Crippen molar-refractivity contribution >= 4 is 21.8 Å². The van der Waals surface area contributed by atoms with Crippen molar-refractivity contribution in [3.8, 4) is 11.5 Å². The van der Waals surface area contributed by atoms with Crippen LogP contribution in [0.2, 0.25) is 0 Å². The van der Waals surface area contributed by atoms with E-state index >= 15 is 0 Å². The number of hydrogen-bond acceptors (Lipinski definition) is 5. The first-order valence-electron chi connectivity index (χ1n) is 7.44. The Morgan fingerprint density at radius 1 is 1.19 bits per heavy atom. The number of pyridine rings is 1. The van der Waals surface area contributed by atoms with E-state index in [1.54, 1.807) is 20.4 Å². The van der Waals surface area contributed by atoms with Crippen molar-refractivity contribution in [1.29, 1.82) is 0 Å². The summed E-state index contributed by atoms with van der Waals surface area (Å²) in [6, 6.07) is 5.50. The molecule has 0 saturated carbocycles. The van der Waals surface area contributed by atoms with E-state index in [-0.39, 0.29) is 40.8 Å². The summed E-state index contributed by atoms with van der Waals surface area (Å²) in [5, 5.41) is 0.430. The third-order valence-corrected chi connectivity index (χ3v) is 5.06. The molecule has 3 rings (SSSR count). The number of ether oxygens (including phenoxy) is 2. The molecule has 134 valence electrons. The molecular formula is C17H21N3NaO4S+. The minimum absolute atomic E-state index is 0. The van der Waals surface area contributed by atoms with Gasteiger partial charge in [-0.2, -0.15) is 0 Å². The first kappa shape index (κ1) is 22.6. The number of fused-ring (bicyclic) bond motifs is 1. The van der Waals surface area contributed by atoms with Crippen LogP contribution in [0.3, 0.4) is 0 Å². The summed E-state index contributed by atoms with van der Waals surface area (Å²) in [5.41, 5.74) is 4.16. The largest absolute Gasteiger partial charge is 1.00 e. The molecule has 7 nitrogen and oxygen atoms in total. The van der Waals surface area contributed by atoms with Gasteiger partial charge in [-0.1, -0.05) is 0 Å². The number of aromatic amines is 1. The Hall–Kier alpha value is -1.45. The van der Waals surface area contributed by atoms with Crippen LogP contribution in [-0.4, -0.2) is 38.9 Å². The van der Waals surface area contributed by atoms with E-state index in [9.17, 15) is 4.21 Å². The van der Waals surface area contributed by atoms with E-state index in [2.05, 4.69) is 15.0 Å². The maximum absolute atomic E-state index is 12.7. The third-order valence-electron chi connectivity index (χ3n) is 3.90. The fourth-order valence-corrected chi connectivity index (χ4v) is 3.71. The number of aryl methyl sites for hydroxylation is 1. The quantitative estimate of drug-likeness (QED) is 0.571. The van der Waals surface area contributed by atoms with Crippen LogP contribution >= 0.6 is 0 Å². The molecule has 2 aromatic heterocycles. The standard InChI is InChI=1S/C17H19N3O3S.Na.H2O/c1-10-8-18-15(11(2)16(10)23-4)9-24(21)17-19-13-6-5-12(22-3)7-14(13)20-17;;/h5-8H,9H2,1-4H3,(H,19,20);;1H2/q;+1;. The van der Waals surface area contributed by atoms with Crippen molar-refractivity contribution in [2.75, 3.05) is 14.2 Å². The molecule has 0 bridgehead atoms. The van der Waals surface area contributed by atoms with Gasteiger partial charge in [-0.3, -0.25) is 9.19 Å². The predicted octanol–water partition coefficient (Wildman–Crippen LogP) is -0.921. The molecule has 0 saturated heterocycles. The molecule has 0 aliphatic carbocycles. The van der Waals surface area contributed by atoms with Crippen molar-refractivity contribution < 1.29 is 48.7 Å². The second-order valence-corrected chi connectivity index (χ2v) is 6.83. The van der Waals surface area contributed by atoms with Crippen LogP contribution < -0.4 is 39.0 Å². The van der Waals surface area contributed by atoms with E-state index in [1.165, 1.54) is 0 Å². The van der Waals surface area contributed by atoms with Gasteiger partial charge in [0.15, 0.2) is 5.16 Å². The van der Waals surface area contributed by atoms with E-state index in [4.69, 9.17) is 9.47 Å². The molecule has 0 spiro atoms. The van der Waals surface area contributed by atoms with Crippen molar-refractivity contribution in [1.82, 2.24) is 15.0 Å². The first-order valence-corrected chi connectivity index (χ1v) is 8.76. The number of benzene rings is 1. The maximum Gasteiger partial charge on any atom is 1.00 e. The van der Waals surface area contributed by atoms with Crippen LogP contribution in [0.15, 0.2) is 29.6 Å². The Balaban J connectivity index is 0.00000169. The Bertz CT molecular complexity index is 930. The summed E-state index contributed by atoms with van der Waals surface area (Å²) in [7, 11) is 1.91. The number of nitrogens with one attached hydrogen (secondary N) is 1. The number of rotatable bonds is 5. The zero-order chi connectivity index (χ0) is 17.3. The molecular weight excluding hydrogens is 365 g/mol. The minimum Gasteiger partial charge on any atom is -0.497 e. The fourth-order valence-electron chi connectivity index (χ4n) is 2.61. The molecule has 0 fully saturated rings. The SMILES string of the molecule is COc1ccc2nc(S(=O)Cc3ncc(C)c(OC)c3C)[nH]c2c1.O.[Na+]. The molecule has 0 aliphatic heterocycles. The molecule has 9 heteroatoms. The second kappa shape index (κ2) is 9.48. The minimum atomic E-state index is -1.33. The van der Waals surface area contributed by atoms with Gasteiger partial charge >= 0.3 is 29.6 Å². The van der Waals surface area contributed by atoms with Crippen LogP contribution in [0, 0.1) is 13.8 Å². The van der Waals surface area contributed by atoms with Gasteiger partial charge in [0.25, 0.3) is 0 Å². The van der Waals surface area contributed by atoms with Crippen LogP contribution in [0.1, 0.15) is 16.8 Å². The van der Waals surface area contributed by atoms with E-state index in [0.29, 0.717) is 5.16 Å². The van der Waals surface area contributed by atoms with Gasteiger partial charge in [0.05, 0.1) is 47.5 Å². The number of methoxy groups -OCH3 is 2. The summed E-state index contributed by atoms with van der Waals surface area (Å²) in [4.78, 5) is 11.9. The van der Waals surface area contributed by atoms with Gasteiger partial charge in [-0.15, -0.1) is 0 Å². The second-order valence-electron chi connectivity index (χ2n) is 5.46. The smallest absolute Gasteiger partial charge is 0.497 e. The molecule has 1 atom stereocenters. The Morgan fingerprint density at radius 2 is 1.92 bits per heavy atom. The zero-order valence-corrected chi connectivity index (χ0v) is 18.4. The van der Waals surface area contributed by atoms with Crippen molar-refractivity contribution in [3.05, 3.63) is 41.2 Å². The fraction of sp³-hybridized carbons (Fsp3) is 0.294. The van der Waals surface area contributed by atoms with E-state index in [0.717, 1.165) is 39.4 Å². The van der Waals surface area contributed by atoms with Gasteiger partial charge in [0.2, 0.25) is 0 Å². The number of imidazole rings is 1. The summed E-state index contributed by atoms with van der Waals surface area (Å²) in [5.74, 6) is 1.79. The molecule has 3 N–H and O–H groups in total. The predicted molar refractivity (Wildman–Crippen MR) is 96.6 cm³/mol. The van der Waals surface area contributed by atoms with E-state index < -0.39 is 10.8 Å². The van der Waals surface area contributed by atoms with Crippen LogP contribution in [-0.2, 0) is 16.6 Å². The van der Waals surface area contributed by atoms with Gasteiger partial charge in [0, 0.05) is 23.4 Å². The molecule has 0 aliphatic rings.